The average Bonchev–Trinajstić information content (AvgIpc) is 3.04. The first-order valence-electron chi connectivity index (χ1n) is 8.51. The molecule has 1 saturated heterocycles. The summed E-state index contributed by atoms with van der Waals surface area (Å²) in [5.74, 6) is -0.370. The van der Waals surface area contributed by atoms with Crippen LogP contribution in [-0.4, -0.2) is 55.3 Å². The molecule has 0 saturated carbocycles. The van der Waals surface area contributed by atoms with Gasteiger partial charge in [0.05, 0.1) is 6.61 Å². The number of methoxy groups -OCH3 is 1. The Balaban J connectivity index is 1.99. The Kier molecular flexibility index (Phi) is 7.04. The van der Waals surface area contributed by atoms with Crippen LogP contribution in [0.3, 0.4) is 0 Å². The lowest BCUT2D eigenvalue weighted by atomic mass is 9.90. The van der Waals surface area contributed by atoms with E-state index < -0.39 is 5.60 Å². The van der Waals surface area contributed by atoms with E-state index >= 15 is 0 Å². The Bertz CT molecular complexity index is 555. The molecule has 0 radical (unpaired) electrons. The van der Waals surface area contributed by atoms with E-state index in [-0.39, 0.29) is 12.3 Å². The van der Waals surface area contributed by atoms with Crippen molar-refractivity contribution in [3.05, 3.63) is 34.9 Å². The minimum absolute atomic E-state index is 0.289. The van der Waals surface area contributed by atoms with Crippen LogP contribution < -0.4 is 5.32 Å². The van der Waals surface area contributed by atoms with E-state index in [2.05, 4.69) is 10.2 Å². The summed E-state index contributed by atoms with van der Waals surface area (Å²) in [4.78, 5) is 15.0. The zero-order chi connectivity index (χ0) is 17.6. The molecule has 2 N–H and O–H groups in total. The average molecular weight is 355 g/mol. The number of ether oxygens (including phenoxy) is 1. The van der Waals surface area contributed by atoms with Gasteiger partial charge in [0.2, 0.25) is 0 Å². The molecular formula is C18H27ClN2O3. The number of likely N-dealkylation sites (tertiary alicyclic amines) is 1. The SMILES string of the molecule is CC[C@](O)(C(=O)NC[C@@H]1CCCN1CCOC)c1cccc(Cl)c1. The molecule has 1 fully saturated rings. The van der Waals surface area contributed by atoms with Crippen molar-refractivity contribution in [1.29, 1.82) is 0 Å². The van der Waals surface area contributed by atoms with Gasteiger partial charge in [0, 0.05) is 31.3 Å². The number of nitrogens with zero attached hydrogens (tertiary/aromatic N) is 1. The highest BCUT2D eigenvalue weighted by molar-refractivity contribution is 6.30. The molecule has 0 unspecified atom stereocenters. The number of hydrogen-bond acceptors (Lipinski definition) is 4. The molecule has 0 aromatic heterocycles. The van der Waals surface area contributed by atoms with Crippen molar-refractivity contribution in [3.8, 4) is 0 Å². The first kappa shape index (κ1) is 19.2. The molecule has 1 aromatic carbocycles. The van der Waals surface area contributed by atoms with Crippen molar-refractivity contribution in [2.24, 2.45) is 0 Å². The molecule has 1 aliphatic rings. The van der Waals surface area contributed by atoms with Gasteiger partial charge >= 0.3 is 0 Å². The highest BCUT2D eigenvalue weighted by atomic mass is 35.5. The smallest absolute Gasteiger partial charge is 0.256 e. The third-order valence-corrected chi connectivity index (χ3v) is 5.00. The molecule has 1 heterocycles. The maximum atomic E-state index is 12.6. The molecule has 2 rings (SSSR count). The minimum Gasteiger partial charge on any atom is -0.383 e. The summed E-state index contributed by atoms with van der Waals surface area (Å²) in [5, 5.41) is 14.3. The predicted octanol–water partition coefficient (Wildman–Crippen LogP) is 2.16. The fourth-order valence-corrected chi connectivity index (χ4v) is 3.42. The highest BCUT2D eigenvalue weighted by Gasteiger charge is 2.37. The van der Waals surface area contributed by atoms with Gasteiger partial charge in [0.1, 0.15) is 0 Å². The van der Waals surface area contributed by atoms with Crippen molar-refractivity contribution in [1.82, 2.24) is 10.2 Å². The number of carbonyl (C=O) groups excluding carboxylic acids is 1. The van der Waals surface area contributed by atoms with E-state index in [1.807, 2.05) is 0 Å². The minimum atomic E-state index is -1.55. The van der Waals surface area contributed by atoms with Crippen LogP contribution in [0.5, 0.6) is 0 Å². The lowest BCUT2D eigenvalue weighted by Gasteiger charge is -2.29. The number of aliphatic hydroxyl groups is 1. The first-order valence-corrected chi connectivity index (χ1v) is 8.88. The van der Waals surface area contributed by atoms with Gasteiger partial charge in [0.15, 0.2) is 5.60 Å². The van der Waals surface area contributed by atoms with Gasteiger partial charge in [-0.05, 0) is 43.5 Å². The lowest BCUT2D eigenvalue weighted by Crippen LogP contribution is -2.48. The summed E-state index contributed by atoms with van der Waals surface area (Å²) >= 11 is 6.00. The normalized spacial score (nSPS) is 20.8. The second-order valence-electron chi connectivity index (χ2n) is 6.26. The molecule has 2 atom stereocenters. The standard InChI is InChI=1S/C18H27ClN2O3/c1-3-18(23,14-6-4-7-15(19)12-14)17(22)20-13-16-8-5-9-21(16)10-11-24-2/h4,6-7,12,16,23H,3,5,8-11,13H2,1-2H3,(H,20,22)/t16-,18+/m0/s1. The third-order valence-electron chi connectivity index (χ3n) is 4.77. The van der Waals surface area contributed by atoms with Gasteiger partial charge in [-0.3, -0.25) is 9.69 Å². The summed E-state index contributed by atoms with van der Waals surface area (Å²) in [6.07, 6.45) is 2.46. The molecule has 0 aliphatic carbocycles. The molecule has 1 amide bonds. The Hall–Kier alpha value is -1.14. The van der Waals surface area contributed by atoms with Crippen LogP contribution in [-0.2, 0) is 15.1 Å². The molecule has 1 aromatic rings. The van der Waals surface area contributed by atoms with Crippen molar-refractivity contribution < 1.29 is 14.6 Å². The van der Waals surface area contributed by atoms with Gasteiger partial charge in [-0.25, -0.2) is 0 Å². The number of amides is 1. The first-order chi connectivity index (χ1) is 11.5. The van der Waals surface area contributed by atoms with Crippen LogP contribution in [0.2, 0.25) is 5.02 Å². The molecule has 6 heteroatoms. The monoisotopic (exact) mass is 354 g/mol. The lowest BCUT2D eigenvalue weighted by molar-refractivity contribution is -0.141. The van der Waals surface area contributed by atoms with Crippen molar-refractivity contribution >= 4 is 17.5 Å². The Morgan fingerprint density at radius 2 is 2.33 bits per heavy atom. The predicted molar refractivity (Wildman–Crippen MR) is 95.1 cm³/mol. The molecule has 24 heavy (non-hydrogen) atoms. The van der Waals surface area contributed by atoms with Gasteiger partial charge in [0.25, 0.3) is 5.91 Å². The van der Waals surface area contributed by atoms with Crippen LogP contribution >= 0.6 is 11.6 Å². The number of benzene rings is 1. The summed E-state index contributed by atoms with van der Waals surface area (Å²) in [7, 11) is 1.69. The molecule has 0 spiro atoms. The van der Waals surface area contributed by atoms with Crippen LogP contribution in [0.1, 0.15) is 31.7 Å². The number of hydrogen-bond donors (Lipinski definition) is 2. The quantitative estimate of drug-likeness (QED) is 0.751. The molecule has 1 aliphatic heterocycles. The molecular weight excluding hydrogens is 328 g/mol. The van der Waals surface area contributed by atoms with E-state index in [1.54, 1.807) is 38.3 Å². The van der Waals surface area contributed by atoms with Crippen molar-refractivity contribution in [2.45, 2.75) is 37.8 Å². The molecule has 0 bridgehead atoms. The van der Waals surface area contributed by atoms with Crippen LogP contribution in [0.4, 0.5) is 0 Å². The second kappa shape index (κ2) is 8.81. The Morgan fingerprint density at radius 3 is 3.00 bits per heavy atom. The van der Waals surface area contributed by atoms with Gasteiger partial charge < -0.3 is 15.2 Å². The van der Waals surface area contributed by atoms with Gasteiger partial charge in [-0.15, -0.1) is 0 Å². The molecule has 5 nitrogen and oxygen atoms in total. The van der Waals surface area contributed by atoms with Crippen molar-refractivity contribution in [2.75, 3.05) is 33.4 Å². The van der Waals surface area contributed by atoms with Crippen LogP contribution in [0.15, 0.2) is 24.3 Å². The zero-order valence-electron chi connectivity index (χ0n) is 14.4. The maximum Gasteiger partial charge on any atom is 0.256 e. The Labute approximate surface area is 148 Å². The van der Waals surface area contributed by atoms with Crippen LogP contribution in [0.25, 0.3) is 0 Å². The highest BCUT2D eigenvalue weighted by Crippen LogP contribution is 2.27. The number of carbonyl (C=O) groups is 1. The summed E-state index contributed by atoms with van der Waals surface area (Å²) < 4.78 is 5.14. The van der Waals surface area contributed by atoms with E-state index in [0.717, 1.165) is 25.9 Å². The second-order valence-corrected chi connectivity index (χ2v) is 6.70. The van der Waals surface area contributed by atoms with Crippen LogP contribution in [0, 0.1) is 0 Å². The topological polar surface area (TPSA) is 61.8 Å². The van der Waals surface area contributed by atoms with E-state index in [9.17, 15) is 9.90 Å². The summed E-state index contributed by atoms with van der Waals surface area (Å²) in [6, 6.07) is 7.14. The van der Waals surface area contributed by atoms with E-state index in [4.69, 9.17) is 16.3 Å². The maximum absolute atomic E-state index is 12.6. The third kappa shape index (κ3) is 4.48. The van der Waals surface area contributed by atoms with E-state index in [1.165, 1.54) is 0 Å². The summed E-state index contributed by atoms with van der Waals surface area (Å²) in [5.41, 5.74) is -1.03. The number of nitrogens with one attached hydrogen (secondary N) is 1. The van der Waals surface area contributed by atoms with E-state index in [0.29, 0.717) is 29.8 Å². The van der Waals surface area contributed by atoms with Gasteiger partial charge in [-0.2, -0.15) is 0 Å². The van der Waals surface area contributed by atoms with Gasteiger partial charge in [-0.1, -0.05) is 30.7 Å². The zero-order valence-corrected chi connectivity index (χ0v) is 15.2. The number of rotatable bonds is 8. The largest absolute Gasteiger partial charge is 0.383 e. The summed E-state index contributed by atoms with van der Waals surface area (Å²) in [6.45, 7) is 4.90. The fraction of sp³-hybridized carbons (Fsp3) is 0.611. The molecule has 134 valence electrons. The van der Waals surface area contributed by atoms with Crippen molar-refractivity contribution in [3.63, 3.8) is 0 Å². The fourth-order valence-electron chi connectivity index (χ4n) is 3.23. The Morgan fingerprint density at radius 1 is 1.54 bits per heavy atom. The number of halogens is 1.